The number of carbonyl (C=O) groups is 2. The summed E-state index contributed by atoms with van der Waals surface area (Å²) in [5.41, 5.74) is 0.933. The Morgan fingerprint density at radius 3 is 2.63 bits per heavy atom. The highest BCUT2D eigenvalue weighted by atomic mass is 127. The van der Waals surface area contributed by atoms with Gasteiger partial charge >= 0.3 is 5.97 Å². The molecule has 27 heavy (non-hydrogen) atoms. The number of nitrogens with zero attached hydrogens (tertiary/aromatic N) is 1. The lowest BCUT2D eigenvalue weighted by molar-refractivity contribution is -0.141. The highest BCUT2D eigenvalue weighted by Crippen LogP contribution is 2.34. The first-order chi connectivity index (χ1) is 12.9. The molecule has 2 atom stereocenters. The summed E-state index contributed by atoms with van der Waals surface area (Å²) < 4.78 is 16.7. The SMILES string of the molecule is COc1ccc(CN2C(=O)[C@H](CCCOC(C)=O)C(I)=C[C@@H]2C)c(OC)c1. The molecule has 0 spiro atoms. The molecule has 6 nitrogen and oxygen atoms in total. The Kier molecular flexibility index (Phi) is 7.94. The van der Waals surface area contributed by atoms with Crippen molar-refractivity contribution in [2.75, 3.05) is 20.8 Å². The molecule has 0 N–H and O–H groups in total. The van der Waals surface area contributed by atoms with Crippen molar-refractivity contribution in [2.24, 2.45) is 5.92 Å². The fraction of sp³-hybridized carbons (Fsp3) is 0.500. The molecular formula is C20H26INO5. The molecule has 1 aliphatic heterocycles. The zero-order chi connectivity index (χ0) is 20.0. The maximum absolute atomic E-state index is 13.1. The van der Waals surface area contributed by atoms with Gasteiger partial charge in [-0.1, -0.05) is 6.08 Å². The van der Waals surface area contributed by atoms with Gasteiger partial charge in [-0.2, -0.15) is 0 Å². The van der Waals surface area contributed by atoms with Crippen LogP contribution in [0.1, 0.15) is 32.3 Å². The molecule has 1 aliphatic rings. The number of halogens is 1. The molecule has 0 unspecified atom stereocenters. The van der Waals surface area contributed by atoms with Crippen LogP contribution in [0.3, 0.4) is 0 Å². The molecule has 0 radical (unpaired) electrons. The molecule has 0 saturated heterocycles. The Hall–Kier alpha value is -1.77. The summed E-state index contributed by atoms with van der Waals surface area (Å²) in [5, 5.41) is 0. The summed E-state index contributed by atoms with van der Waals surface area (Å²) in [6.07, 6.45) is 3.43. The van der Waals surface area contributed by atoms with Crippen LogP contribution in [-0.4, -0.2) is 43.6 Å². The van der Waals surface area contributed by atoms with Crippen LogP contribution >= 0.6 is 22.6 Å². The molecule has 1 amide bonds. The van der Waals surface area contributed by atoms with E-state index in [1.807, 2.05) is 30.0 Å². The van der Waals surface area contributed by atoms with Crippen molar-refractivity contribution in [2.45, 2.75) is 39.3 Å². The summed E-state index contributed by atoms with van der Waals surface area (Å²) in [7, 11) is 3.22. The molecule has 0 fully saturated rings. The standard InChI is InChI=1S/C20H26INO5/c1-13-10-18(21)17(6-5-9-27-14(2)23)20(24)22(13)12-15-7-8-16(25-3)11-19(15)26-4/h7-8,10-11,13,17H,5-6,9,12H2,1-4H3/t13-,17+/m0/s1. The number of benzene rings is 1. The maximum Gasteiger partial charge on any atom is 0.302 e. The van der Waals surface area contributed by atoms with Crippen molar-refractivity contribution >= 4 is 34.5 Å². The molecule has 1 aromatic carbocycles. The van der Waals surface area contributed by atoms with Crippen LogP contribution in [0.2, 0.25) is 0 Å². The molecule has 0 saturated carbocycles. The lowest BCUT2D eigenvalue weighted by atomic mass is 9.95. The fourth-order valence-corrected chi connectivity index (χ4v) is 4.21. The van der Waals surface area contributed by atoms with E-state index < -0.39 is 0 Å². The van der Waals surface area contributed by atoms with Gasteiger partial charge < -0.3 is 19.1 Å². The third kappa shape index (κ3) is 5.60. The highest BCUT2D eigenvalue weighted by molar-refractivity contribution is 14.1. The first-order valence-electron chi connectivity index (χ1n) is 8.89. The average Bonchev–Trinajstić information content (AvgIpc) is 2.64. The van der Waals surface area contributed by atoms with Gasteiger partial charge in [0.15, 0.2) is 0 Å². The zero-order valence-corrected chi connectivity index (χ0v) is 18.3. The van der Waals surface area contributed by atoms with E-state index in [1.165, 1.54) is 6.92 Å². The topological polar surface area (TPSA) is 65.1 Å². The predicted molar refractivity (Wildman–Crippen MR) is 111 cm³/mol. The lowest BCUT2D eigenvalue weighted by Gasteiger charge is -2.36. The monoisotopic (exact) mass is 487 g/mol. The second-order valence-corrected chi connectivity index (χ2v) is 7.72. The predicted octanol–water partition coefficient (Wildman–Crippen LogP) is 3.71. The van der Waals surface area contributed by atoms with Crippen molar-refractivity contribution < 1.29 is 23.8 Å². The van der Waals surface area contributed by atoms with Crippen LogP contribution < -0.4 is 9.47 Å². The average molecular weight is 487 g/mol. The molecule has 7 heteroatoms. The number of hydrogen-bond donors (Lipinski definition) is 0. The van der Waals surface area contributed by atoms with Gasteiger partial charge in [-0.15, -0.1) is 0 Å². The Morgan fingerprint density at radius 2 is 2.00 bits per heavy atom. The minimum atomic E-state index is -0.294. The van der Waals surface area contributed by atoms with Crippen molar-refractivity contribution in [1.82, 2.24) is 4.90 Å². The van der Waals surface area contributed by atoms with Gasteiger partial charge in [-0.05, 0) is 54.5 Å². The number of amides is 1. The summed E-state index contributed by atoms with van der Waals surface area (Å²) in [6.45, 7) is 4.21. The number of hydrogen-bond acceptors (Lipinski definition) is 5. The van der Waals surface area contributed by atoms with Crippen LogP contribution in [0.25, 0.3) is 0 Å². The lowest BCUT2D eigenvalue weighted by Crippen LogP contribution is -2.44. The normalized spacial score (nSPS) is 19.5. The van der Waals surface area contributed by atoms with Gasteiger partial charge in [-0.3, -0.25) is 9.59 Å². The van der Waals surface area contributed by atoms with E-state index >= 15 is 0 Å². The van der Waals surface area contributed by atoms with Gasteiger partial charge in [0.1, 0.15) is 11.5 Å². The number of methoxy groups -OCH3 is 2. The summed E-state index contributed by atoms with van der Waals surface area (Å²) >= 11 is 2.24. The van der Waals surface area contributed by atoms with Gasteiger partial charge in [0, 0.05) is 34.7 Å². The first-order valence-corrected chi connectivity index (χ1v) is 9.97. The van der Waals surface area contributed by atoms with Gasteiger partial charge in [0.05, 0.1) is 26.7 Å². The molecule has 1 aromatic rings. The quantitative estimate of drug-likeness (QED) is 0.318. The molecule has 0 bridgehead atoms. The van der Waals surface area contributed by atoms with E-state index in [2.05, 4.69) is 28.7 Å². The van der Waals surface area contributed by atoms with E-state index in [0.29, 0.717) is 37.5 Å². The Labute approximate surface area is 174 Å². The van der Waals surface area contributed by atoms with E-state index in [-0.39, 0.29) is 23.8 Å². The molecule has 148 valence electrons. The Balaban J connectivity index is 2.12. The number of esters is 1. The van der Waals surface area contributed by atoms with Crippen LogP contribution in [0.5, 0.6) is 11.5 Å². The fourth-order valence-electron chi connectivity index (χ4n) is 3.11. The van der Waals surface area contributed by atoms with Crippen LogP contribution in [0.4, 0.5) is 0 Å². The number of ether oxygens (including phenoxy) is 3. The van der Waals surface area contributed by atoms with Crippen LogP contribution in [-0.2, 0) is 20.9 Å². The Morgan fingerprint density at radius 1 is 1.26 bits per heavy atom. The Bertz CT molecular complexity index is 718. The third-order valence-corrected chi connectivity index (χ3v) is 5.69. The van der Waals surface area contributed by atoms with Gasteiger partial charge in [0.2, 0.25) is 5.91 Å². The summed E-state index contributed by atoms with van der Waals surface area (Å²) in [4.78, 5) is 25.9. The van der Waals surface area contributed by atoms with Crippen molar-refractivity contribution in [3.05, 3.63) is 33.4 Å². The van der Waals surface area contributed by atoms with E-state index in [9.17, 15) is 9.59 Å². The van der Waals surface area contributed by atoms with Crippen LogP contribution in [0.15, 0.2) is 27.9 Å². The van der Waals surface area contributed by atoms with Gasteiger partial charge in [-0.25, -0.2) is 0 Å². The smallest absolute Gasteiger partial charge is 0.302 e. The van der Waals surface area contributed by atoms with Crippen molar-refractivity contribution in [3.63, 3.8) is 0 Å². The second-order valence-electron chi connectivity index (χ2n) is 6.47. The zero-order valence-electron chi connectivity index (χ0n) is 16.2. The molecule has 0 aromatic heterocycles. The van der Waals surface area contributed by atoms with E-state index in [0.717, 1.165) is 9.14 Å². The highest BCUT2D eigenvalue weighted by Gasteiger charge is 2.33. The summed E-state index contributed by atoms with van der Waals surface area (Å²) in [6, 6.07) is 5.62. The molecule has 2 rings (SSSR count). The van der Waals surface area contributed by atoms with Gasteiger partial charge in [0.25, 0.3) is 0 Å². The largest absolute Gasteiger partial charge is 0.497 e. The molecule has 1 heterocycles. The maximum atomic E-state index is 13.1. The second kappa shape index (κ2) is 9.96. The number of carbonyl (C=O) groups excluding carboxylic acids is 2. The molecular weight excluding hydrogens is 461 g/mol. The minimum absolute atomic E-state index is 0.000859. The number of rotatable bonds is 8. The van der Waals surface area contributed by atoms with Crippen LogP contribution in [0, 0.1) is 5.92 Å². The van der Waals surface area contributed by atoms with Crippen molar-refractivity contribution in [1.29, 1.82) is 0 Å². The van der Waals surface area contributed by atoms with E-state index in [4.69, 9.17) is 14.2 Å². The third-order valence-electron chi connectivity index (χ3n) is 4.58. The first kappa shape index (κ1) is 21.5. The molecule has 0 aliphatic carbocycles. The minimum Gasteiger partial charge on any atom is -0.497 e. The van der Waals surface area contributed by atoms with E-state index in [1.54, 1.807) is 14.2 Å². The summed E-state index contributed by atoms with van der Waals surface area (Å²) in [5.74, 6) is 1.02. The van der Waals surface area contributed by atoms with Crippen molar-refractivity contribution in [3.8, 4) is 11.5 Å².